The molecule has 1 unspecified atom stereocenters. The van der Waals surface area contributed by atoms with Crippen LogP contribution in [0.5, 0.6) is 17.2 Å². The third kappa shape index (κ3) is 4.54. The monoisotopic (exact) mass is 353 g/mol. The standard InChI is InChI=1S/C17H23NO7/c1-11-9-18(5-6-24-11)15(19)10-25-17(20)12-7-13(21-2)16(23-4)14(8-12)22-3/h7-8,11H,5-6,9-10H2,1-4H3. The highest BCUT2D eigenvalue weighted by Gasteiger charge is 2.23. The quantitative estimate of drug-likeness (QED) is 0.709. The number of morpholine rings is 1. The summed E-state index contributed by atoms with van der Waals surface area (Å²) in [7, 11) is 4.38. The van der Waals surface area contributed by atoms with Gasteiger partial charge in [-0.05, 0) is 19.1 Å². The number of ether oxygens (including phenoxy) is 5. The van der Waals surface area contributed by atoms with Crippen LogP contribution in [0.2, 0.25) is 0 Å². The van der Waals surface area contributed by atoms with E-state index in [9.17, 15) is 9.59 Å². The second kappa shape index (κ2) is 8.57. The molecule has 0 aliphatic carbocycles. The minimum Gasteiger partial charge on any atom is -0.493 e. The van der Waals surface area contributed by atoms with Crippen LogP contribution in [0.3, 0.4) is 0 Å². The zero-order chi connectivity index (χ0) is 18.4. The molecule has 1 saturated heterocycles. The molecule has 8 nitrogen and oxygen atoms in total. The molecule has 8 heteroatoms. The van der Waals surface area contributed by atoms with Gasteiger partial charge in [0.05, 0.1) is 39.6 Å². The maximum absolute atomic E-state index is 12.3. The first-order chi connectivity index (χ1) is 12.0. The number of hydrogen-bond donors (Lipinski definition) is 0. The van der Waals surface area contributed by atoms with Gasteiger partial charge in [0.15, 0.2) is 18.1 Å². The van der Waals surface area contributed by atoms with Crippen LogP contribution in [-0.4, -0.2) is 70.5 Å². The summed E-state index contributed by atoms with van der Waals surface area (Å²) < 4.78 is 26.1. The number of carbonyl (C=O) groups excluding carboxylic acids is 2. The Balaban J connectivity index is 2.04. The minimum absolute atomic E-state index is 0.0245. The molecule has 1 aromatic rings. The Hall–Kier alpha value is -2.48. The topological polar surface area (TPSA) is 83.5 Å². The Labute approximate surface area is 146 Å². The molecule has 2 rings (SSSR count). The van der Waals surface area contributed by atoms with E-state index in [0.29, 0.717) is 36.9 Å². The maximum Gasteiger partial charge on any atom is 0.338 e. The predicted molar refractivity (Wildman–Crippen MR) is 88.4 cm³/mol. The van der Waals surface area contributed by atoms with Crippen LogP contribution in [0.15, 0.2) is 12.1 Å². The lowest BCUT2D eigenvalue weighted by molar-refractivity contribution is -0.141. The number of methoxy groups -OCH3 is 3. The highest BCUT2D eigenvalue weighted by atomic mass is 16.5. The van der Waals surface area contributed by atoms with Gasteiger partial charge in [-0.25, -0.2) is 4.79 Å². The Morgan fingerprint density at radius 2 is 1.80 bits per heavy atom. The van der Waals surface area contributed by atoms with Gasteiger partial charge in [0, 0.05) is 13.1 Å². The fraction of sp³-hybridized carbons (Fsp3) is 0.529. The van der Waals surface area contributed by atoms with Crippen molar-refractivity contribution >= 4 is 11.9 Å². The summed E-state index contributed by atoms with van der Waals surface area (Å²) in [4.78, 5) is 26.0. The van der Waals surface area contributed by atoms with Gasteiger partial charge >= 0.3 is 5.97 Å². The first kappa shape index (κ1) is 18.9. The Morgan fingerprint density at radius 1 is 1.16 bits per heavy atom. The van der Waals surface area contributed by atoms with Gasteiger partial charge in [0.1, 0.15) is 0 Å². The van der Waals surface area contributed by atoms with Crippen LogP contribution >= 0.6 is 0 Å². The van der Waals surface area contributed by atoms with E-state index in [4.69, 9.17) is 23.7 Å². The minimum atomic E-state index is -0.645. The summed E-state index contributed by atoms with van der Waals surface area (Å²) >= 11 is 0. The summed E-state index contributed by atoms with van der Waals surface area (Å²) in [5, 5.41) is 0. The average molecular weight is 353 g/mol. The Morgan fingerprint density at radius 3 is 2.32 bits per heavy atom. The van der Waals surface area contributed by atoms with Crippen LogP contribution in [-0.2, 0) is 14.3 Å². The van der Waals surface area contributed by atoms with Crippen LogP contribution in [0.25, 0.3) is 0 Å². The van der Waals surface area contributed by atoms with Crippen LogP contribution < -0.4 is 14.2 Å². The van der Waals surface area contributed by atoms with E-state index >= 15 is 0 Å². The largest absolute Gasteiger partial charge is 0.493 e. The molecule has 1 aliphatic heterocycles. The lowest BCUT2D eigenvalue weighted by Crippen LogP contribution is -2.46. The van der Waals surface area contributed by atoms with Crippen molar-refractivity contribution in [2.24, 2.45) is 0 Å². The smallest absolute Gasteiger partial charge is 0.338 e. The second-order valence-electron chi connectivity index (χ2n) is 5.51. The normalized spacial score (nSPS) is 17.0. The van der Waals surface area contributed by atoms with E-state index in [1.807, 2.05) is 6.92 Å². The molecule has 1 aliphatic rings. The first-order valence-electron chi connectivity index (χ1n) is 7.86. The van der Waals surface area contributed by atoms with E-state index in [2.05, 4.69) is 0 Å². The Bertz CT molecular complexity index is 606. The zero-order valence-electron chi connectivity index (χ0n) is 14.9. The summed E-state index contributed by atoms with van der Waals surface area (Å²) in [5.74, 6) is 0.147. The van der Waals surface area contributed by atoms with E-state index < -0.39 is 5.97 Å². The molecule has 25 heavy (non-hydrogen) atoms. The van der Waals surface area contributed by atoms with Crippen LogP contribution in [0.4, 0.5) is 0 Å². The van der Waals surface area contributed by atoms with Crippen LogP contribution in [0.1, 0.15) is 17.3 Å². The number of nitrogens with zero attached hydrogens (tertiary/aromatic N) is 1. The summed E-state index contributed by atoms with van der Waals surface area (Å²) in [6.07, 6.45) is -0.0245. The molecule has 1 heterocycles. The molecule has 1 fully saturated rings. The first-order valence-corrected chi connectivity index (χ1v) is 7.86. The Kier molecular flexibility index (Phi) is 6.46. The molecule has 0 radical (unpaired) electrons. The number of benzene rings is 1. The van der Waals surface area contributed by atoms with Gasteiger partial charge in [-0.3, -0.25) is 4.79 Å². The molecular formula is C17H23NO7. The van der Waals surface area contributed by atoms with Crippen LogP contribution in [0, 0.1) is 0 Å². The molecular weight excluding hydrogens is 330 g/mol. The molecule has 0 N–H and O–H groups in total. The van der Waals surface area contributed by atoms with E-state index in [1.165, 1.54) is 33.5 Å². The fourth-order valence-electron chi connectivity index (χ4n) is 2.55. The van der Waals surface area contributed by atoms with Gasteiger partial charge in [-0.1, -0.05) is 0 Å². The predicted octanol–water partition coefficient (Wildman–Crippen LogP) is 1.12. The average Bonchev–Trinajstić information content (AvgIpc) is 2.64. The number of carbonyl (C=O) groups is 2. The molecule has 1 atom stereocenters. The third-order valence-electron chi connectivity index (χ3n) is 3.82. The highest BCUT2D eigenvalue weighted by Crippen LogP contribution is 2.38. The molecule has 0 aromatic heterocycles. The van der Waals surface area contributed by atoms with Crippen molar-refractivity contribution in [3.63, 3.8) is 0 Å². The fourth-order valence-corrected chi connectivity index (χ4v) is 2.55. The summed E-state index contributed by atoms with van der Waals surface area (Å²) in [6, 6.07) is 2.95. The summed E-state index contributed by atoms with van der Waals surface area (Å²) in [5.41, 5.74) is 0.206. The zero-order valence-corrected chi connectivity index (χ0v) is 14.9. The van der Waals surface area contributed by atoms with Gasteiger partial charge in [-0.15, -0.1) is 0 Å². The van der Waals surface area contributed by atoms with Crippen molar-refractivity contribution in [2.75, 3.05) is 47.6 Å². The van der Waals surface area contributed by atoms with E-state index in [1.54, 1.807) is 4.90 Å². The van der Waals surface area contributed by atoms with Gasteiger partial charge in [0.25, 0.3) is 5.91 Å². The second-order valence-corrected chi connectivity index (χ2v) is 5.51. The summed E-state index contributed by atoms with van der Waals surface area (Å²) in [6.45, 7) is 3.02. The number of esters is 1. The third-order valence-corrected chi connectivity index (χ3v) is 3.82. The van der Waals surface area contributed by atoms with E-state index in [-0.39, 0.29) is 24.2 Å². The molecule has 1 amide bonds. The molecule has 138 valence electrons. The van der Waals surface area contributed by atoms with Crippen molar-refractivity contribution < 1.29 is 33.3 Å². The van der Waals surface area contributed by atoms with Gasteiger partial charge < -0.3 is 28.6 Å². The molecule has 0 bridgehead atoms. The lowest BCUT2D eigenvalue weighted by Gasteiger charge is -2.30. The molecule has 0 saturated carbocycles. The number of rotatable bonds is 6. The highest BCUT2D eigenvalue weighted by molar-refractivity contribution is 5.92. The SMILES string of the molecule is COc1cc(C(=O)OCC(=O)N2CCOC(C)C2)cc(OC)c1OC. The maximum atomic E-state index is 12.3. The van der Waals surface area contributed by atoms with Gasteiger partial charge in [0.2, 0.25) is 5.75 Å². The van der Waals surface area contributed by atoms with Gasteiger partial charge in [-0.2, -0.15) is 0 Å². The van der Waals surface area contributed by atoms with E-state index in [0.717, 1.165) is 0 Å². The van der Waals surface area contributed by atoms with Crippen molar-refractivity contribution in [1.29, 1.82) is 0 Å². The van der Waals surface area contributed by atoms with Crippen molar-refractivity contribution in [1.82, 2.24) is 4.90 Å². The molecule has 0 spiro atoms. The van der Waals surface area contributed by atoms with Crippen molar-refractivity contribution in [2.45, 2.75) is 13.0 Å². The molecule has 1 aromatic carbocycles. The number of amides is 1. The number of hydrogen-bond acceptors (Lipinski definition) is 7. The van der Waals surface area contributed by atoms with Crippen molar-refractivity contribution in [3.05, 3.63) is 17.7 Å². The van der Waals surface area contributed by atoms with Crippen molar-refractivity contribution in [3.8, 4) is 17.2 Å². The lowest BCUT2D eigenvalue weighted by atomic mass is 10.2.